The summed E-state index contributed by atoms with van der Waals surface area (Å²) in [7, 11) is 0. The lowest BCUT2D eigenvalue weighted by Gasteiger charge is -2.30. The van der Waals surface area contributed by atoms with Crippen LogP contribution in [0.4, 0.5) is 11.5 Å². The van der Waals surface area contributed by atoms with E-state index in [4.69, 9.17) is 5.73 Å². The number of imide groups is 1. The zero-order valence-corrected chi connectivity index (χ0v) is 20.5. The number of anilines is 2. The van der Waals surface area contributed by atoms with Crippen LogP contribution in [0.25, 0.3) is 0 Å². The van der Waals surface area contributed by atoms with Crippen molar-refractivity contribution in [1.82, 2.24) is 14.5 Å². The highest BCUT2D eigenvalue weighted by molar-refractivity contribution is 6.10. The highest BCUT2D eigenvalue weighted by Crippen LogP contribution is 2.36. The van der Waals surface area contributed by atoms with Gasteiger partial charge in [0.2, 0.25) is 17.7 Å². The summed E-state index contributed by atoms with van der Waals surface area (Å²) >= 11 is 0. The molecule has 0 saturated carbocycles. The highest BCUT2D eigenvalue weighted by atomic mass is 16.2. The fourth-order valence-electron chi connectivity index (χ4n) is 4.95. The molecule has 0 unspecified atom stereocenters. The summed E-state index contributed by atoms with van der Waals surface area (Å²) in [4.78, 5) is 70.0. The summed E-state index contributed by atoms with van der Waals surface area (Å²) in [6.07, 6.45) is 5.95. The van der Waals surface area contributed by atoms with E-state index in [0.29, 0.717) is 19.3 Å². The van der Waals surface area contributed by atoms with Crippen molar-refractivity contribution in [3.05, 3.63) is 68.9 Å². The summed E-state index contributed by atoms with van der Waals surface area (Å²) in [5, 5.41) is 0. The third kappa shape index (κ3) is 4.50. The number of rotatable bonds is 8. The number of unbranched alkanes of at least 4 members (excludes halogenated alkanes) is 1. The molecule has 1 aromatic carbocycles. The maximum absolute atomic E-state index is 13.8. The van der Waals surface area contributed by atoms with Gasteiger partial charge in [-0.1, -0.05) is 55.8 Å². The Morgan fingerprint density at radius 3 is 2.28 bits per heavy atom. The number of aromatic nitrogens is 2. The molecule has 1 aromatic heterocycles. The van der Waals surface area contributed by atoms with Gasteiger partial charge in [0.1, 0.15) is 11.9 Å². The molecule has 2 aliphatic rings. The number of carbonyl (C=O) groups is 3. The Bertz CT molecular complexity index is 1290. The van der Waals surface area contributed by atoms with E-state index in [1.807, 2.05) is 49.4 Å². The van der Waals surface area contributed by atoms with Crippen molar-refractivity contribution in [2.45, 2.75) is 52.1 Å². The van der Waals surface area contributed by atoms with Gasteiger partial charge in [0.25, 0.3) is 5.56 Å². The molecule has 1 fully saturated rings. The van der Waals surface area contributed by atoms with Crippen LogP contribution in [0.5, 0.6) is 0 Å². The van der Waals surface area contributed by atoms with E-state index >= 15 is 0 Å². The van der Waals surface area contributed by atoms with Crippen LogP contribution < -0.4 is 21.9 Å². The fourth-order valence-corrected chi connectivity index (χ4v) is 4.95. The molecule has 3 atom stereocenters. The molecule has 10 heteroatoms. The first-order valence-electron chi connectivity index (χ1n) is 12.3. The smallest absolute Gasteiger partial charge is 0.330 e. The van der Waals surface area contributed by atoms with Gasteiger partial charge < -0.3 is 10.6 Å². The number of nitrogens with one attached hydrogen (secondary N) is 1. The quantitative estimate of drug-likeness (QED) is 0.423. The largest absolute Gasteiger partial charge is 0.383 e. The van der Waals surface area contributed by atoms with Gasteiger partial charge in [-0.3, -0.25) is 33.6 Å². The maximum Gasteiger partial charge on any atom is 0.330 e. The zero-order chi connectivity index (χ0) is 26.0. The SMILES string of the molecule is CCCCN(C(=O)[C@H](C)N1C(=O)[C@@H]2CC=CC[C@H]2C1=O)c1c(N)n(Cc2ccccc2)c(=O)[nH]c1=O. The van der Waals surface area contributed by atoms with Gasteiger partial charge in [-0.25, -0.2) is 4.79 Å². The second-order valence-corrected chi connectivity index (χ2v) is 9.29. The molecule has 0 bridgehead atoms. The highest BCUT2D eigenvalue weighted by Gasteiger charge is 2.50. The number of carbonyl (C=O) groups excluding carboxylic acids is 3. The van der Waals surface area contributed by atoms with E-state index in [0.717, 1.165) is 16.9 Å². The Morgan fingerprint density at radius 1 is 1.08 bits per heavy atom. The molecule has 10 nitrogen and oxygen atoms in total. The molecule has 1 saturated heterocycles. The average molecular weight is 494 g/mol. The van der Waals surface area contributed by atoms with E-state index < -0.39 is 35.0 Å². The normalized spacial score (nSPS) is 19.9. The van der Waals surface area contributed by atoms with Gasteiger partial charge in [-0.15, -0.1) is 0 Å². The lowest BCUT2D eigenvalue weighted by Crippen LogP contribution is -2.52. The number of nitrogen functional groups attached to an aromatic ring is 1. The molecular weight excluding hydrogens is 462 g/mol. The number of benzene rings is 1. The molecule has 1 aliphatic heterocycles. The first-order valence-corrected chi connectivity index (χ1v) is 12.3. The summed E-state index contributed by atoms with van der Waals surface area (Å²) < 4.78 is 1.20. The van der Waals surface area contributed by atoms with E-state index in [1.54, 1.807) is 0 Å². The van der Waals surface area contributed by atoms with Crippen LogP contribution in [0.15, 0.2) is 52.1 Å². The Labute approximate surface area is 208 Å². The number of hydrogen-bond donors (Lipinski definition) is 2. The van der Waals surface area contributed by atoms with Crippen LogP contribution in [-0.2, 0) is 20.9 Å². The van der Waals surface area contributed by atoms with Gasteiger partial charge in [0, 0.05) is 6.54 Å². The Hall–Kier alpha value is -3.95. The van der Waals surface area contributed by atoms with Gasteiger partial charge in [-0.05, 0) is 31.7 Å². The van der Waals surface area contributed by atoms with Crippen LogP contribution in [0.1, 0.15) is 45.1 Å². The maximum atomic E-state index is 13.8. The van der Waals surface area contributed by atoms with Gasteiger partial charge in [0.15, 0.2) is 5.69 Å². The standard InChI is InChI=1S/C26H31N5O5/c1-3-4-14-29(23(33)16(2)31-24(34)18-12-8-9-13-19(18)25(31)35)20-21(27)30(26(36)28-22(20)32)15-17-10-6-5-7-11-17/h5-11,16,18-19H,3-4,12-15,27H2,1-2H3,(H,28,32,36)/t16-,18+,19+/m0/s1. The summed E-state index contributed by atoms with van der Waals surface area (Å²) in [6.45, 7) is 3.66. The molecule has 0 spiro atoms. The number of nitrogens with zero attached hydrogens (tertiary/aromatic N) is 3. The van der Waals surface area contributed by atoms with Crippen molar-refractivity contribution in [3.8, 4) is 0 Å². The van der Waals surface area contributed by atoms with E-state index in [9.17, 15) is 24.0 Å². The summed E-state index contributed by atoms with van der Waals surface area (Å²) in [5.74, 6) is -2.44. The number of fused-ring (bicyclic) bond motifs is 1. The molecule has 1 aliphatic carbocycles. The first kappa shape index (κ1) is 25.2. The monoisotopic (exact) mass is 493 g/mol. The van der Waals surface area contributed by atoms with Gasteiger partial charge in [0.05, 0.1) is 18.4 Å². The van der Waals surface area contributed by atoms with Gasteiger partial charge in [-0.2, -0.15) is 0 Å². The molecule has 2 heterocycles. The molecule has 36 heavy (non-hydrogen) atoms. The Morgan fingerprint density at radius 2 is 1.69 bits per heavy atom. The van der Waals surface area contributed by atoms with E-state index in [2.05, 4.69) is 4.98 Å². The number of H-pyrrole nitrogens is 1. The Kier molecular flexibility index (Phi) is 7.23. The van der Waals surface area contributed by atoms with Gasteiger partial charge >= 0.3 is 5.69 Å². The van der Waals surface area contributed by atoms with Crippen molar-refractivity contribution in [1.29, 1.82) is 0 Å². The molecule has 3 N–H and O–H groups in total. The van der Waals surface area contributed by atoms with Crippen molar-refractivity contribution in [3.63, 3.8) is 0 Å². The number of aromatic amines is 1. The van der Waals surface area contributed by atoms with E-state index in [1.165, 1.54) is 16.4 Å². The van der Waals surface area contributed by atoms with Crippen molar-refractivity contribution in [2.75, 3.05) is 17.2 Å². The number of likely N-dealkylation sites (tertiary alicyclic amines) is 1. The molecular formula is C26H31N5O5. The van der Waals surface area contributed by atoms with E-state index in [-0.39, 0.29) is 36.4 Å². The average Bonchev–Trinajstić information content (AvgIpc) is 3.13. The second kappa shape index (κ2) is 10.3. The number of nitrogens with two attached hydrogens (primary N) is 1. The van der Waals surface area contributed by atoms with Crippen molar-refractivity contribution in [2.24, 2.45) is 11.8 Å². The van der Waals surface area contributed by atoms with Crippen molar-refractivity contribution >= 4 is 29.2 Å². The third-order valence-corrected chi connectivity index (χ3v) is 6.96. The summed E-state index contributed by atoms with van der Waals surface area (Å²) in [5.41, 5.74) is 5.48. The first-order chi connectivity index (χ1) is 17.3. The molecule has 190 valence electrons. The lowest BCUT2D eigenvalue weighted by atomic mass is 9.85. The van der Waals surface area contributed by atoms with Crippen LogP contribution in [0.3, 0.4) is 0 Å². The topological polar surface area (TPSA) is 139 Å². The van der Waals surface area contributed by atoms with Crippen LogP contribution >= 0.6 is 0 Å². The lowest BCUT2D eigenvalue weighted by molar-refractivity contribution is -0.146. The predicted octanol–water partition coefficient (Wildman–Crippen LogP) is 1.64. The number of hydrogen-bond acceptors (Lipinski definition) is 6. The minimum absolute atomic E-state index is 0.0973. The minimum atomic E-state index is -1.12. The zero-order valence-electron chi connectivity index (χ0n) is 20.5. The van der Waals surface area contributed by atoms with Crippen LogP contribution in [-0.4, -0.2) is 44.8 Å². The molecule has 0 radical (unpaired) electrons. The Balaban J connectivity index is 1.71. The number of amides is 3. The van der Waals surface area contributed by atoms with Crippen LogP contribution in [0.2, 0.25) is 0 Å². The molecule has 3 amide bonds. The second-order valence-electron chi connectivity index (χ2n) is 9.29. The minimum Gasteiger partial charge on any atom is -0.383 e. The molecule has 4 rings (SSSR count). The number of allylic oxidation sites excluding steroid dienone is 2. The predicted molar refractivity (Wildman–Crippen MR) is 135 cm³/mol. The summed E-state index contributed by atoms with van der Waals surface area (Å²) in [6, 6.07) is 7.99. The van der Waals surface area contributed by atoms with Crippen LogP contribution in [0, 0.1) is 11.8 Å². The molecule has 2 aromatic rings. The third-order valence-electron chi connectivity index (χ3n) is 6.96. The van der Waals surface area contributed by atoms with Crippen molar-refractivity contribution < 1.29 is 14.4 Å². The fraction of sp³-hybridized carbons (Fsp3) is 0.423.